The quantitative estimate of drug-likeness (QED) is 0.727. The number of imide groups is 1. The van der Waals surface area contributed by atoms with Gasteiger partial charge in [-0.1, -0.05) is 13.8 Å². The highest BCUT2D eigenvalue weighted by Gasteiger charge is 2.49. The second kappa shape index (κ2) is 7.73. The number of anilines is 2. The number of urea groups is 1. The first-order valence-corrected chi connectivity index (χ1v) is 9.49. The van der Waals surface area contributed by atoms with Gasteiger partial charge in [0.15, 0.2) is 11.6 Å². The fourth-order valence-electron chi connectivity index (χ4n) is 3.77. The number of nitrogens with one attached hydrogen (secondary N) is 2. The van der Waals surface area contributed by atoms with E-state index in [1.807, 2.05) is 0 Å². The van der Waals surface area contributed by atoms with E-state index in [2.05, 4.69) is 10.6 Å². The van der Waals surface area contributed by atoms with Gasteiger partial charge in [0.1, 0.15) is 17.8 Å². The van der Waals surface area contributed by atoms with Crippen molar-refractivity contribution >= 4 is 29.2 Å². The van der Waals surface area contributed by atoms with Gasteiger partial charge in [-0.15, -0.1) is 0 Å². The predicted molar refractivity (Wildman–Crippen MR) is 100.0 cm³/mol. The molecule has 1 aromatic rings. The molecule has 0 radical (unpaired) electrons. The maximum absolute atomic E-state index is 14.4. The molecule has 0 spiro atoms. The molecule has 2 saturated heterocycles. The number of amides is 4. The monoisotopic (exact) mass is 394 g/mol. The Balaban J connectivity index is 1.70. The standard InChI is InChI=1S/C19H24F2N4O3/c1-3-19(4-2)17(27)25(18(28)23-19)11-15(26)22-12-9-13(20)16(14(21)10-12)24-7-5-6-8-24/h9-10H,3-8,11H2,1-2H3,(H,22,26)(H,23,28). The van der Waals surface area contributed by atoms with Crippen molar-refractivity contribution in [1.82, 2.24) is 10.2 Å². The van der Waals surface area contributed by atoms with E-state index in [0.29, 0.717) is 25.9 Å². The third-order valence-electron chi connectivity index (χ3n) is 5.48. The molecule has 9 heteroatoms. The second-order valence-electron chi connectivity index (χ2n) is 7.14. The summed E-state index contributed by atoms with van der Waals surface area (Å²) < 4.78 is 28.7. The van der Waals surface area contributed by atoms with Crippen molar-refractivity contribution in [2.45, 2.75) is 45.1 Å². The zero-order chi connectivity index (χ0) is 20.5. The third-order valence-corrected chi connectivity index (χ3v) is 5.48. The van der Waals surface area contributed by atoms with Crippen LogP contribution in [-0.2, 0) is 9.59 Å². The zero-order valence-electron chi connectivity index (χ0n) is 16.0. The van der Waals surface area contributed by atoms with Gasteiger partial charge in [-0.25, -0.2) is 13.6 Å². The van der Waals surface area contributed by atoms with E-state index >= 15 is 0 Å². The van der Waals surface area contributed by atoms with E-state index in [-0.39, 0.29) is 11.4 Å². The number of rotatable bonds is 6. The van der Waals surface area contributed by atoms with Crippen LogP contribution < -0.4 is 15.5 Å². The summed E-state index contributed by atoms with van der Waals surface area (Å²) in [5, 5.41) is 4.99. The first-order valence-electron chi connectivity index (χ1n) is 9.49. The van der Waals surface area contributed by atoms with Gasteiger partial charge in [-0.05, 0) is 37.8 Å². The molecule has 28 heavy (non-hydrogen) atoms. The topological polar surface area (TPSA) is 81.8 Å². The molecule has 2 aliphatic heterocycles. The summed E-state index contributed by atoms with van der Waals surface area (Å²) in [5.74, 6) is -2.70. The minimum absolute atomic E-state index is 0.0627. The summed E-state index contributed by atoms with van der Waals surface area (Å²) >= 11 is 0. The van der Waals surface area contributed by atoms with Gasteiger partial charge in [-0.3, -0.25) is 14.5 Å². The molecular formula is C19H24F2N4O3. The van der Waals surface area contributed by atoms with Crippen LogP contribution in [0.3, 0.4) is 0 Å². The number of hydrogen-bond acceptors (Lipinski definition) is 4. The Bertz CT molecular complexity index is 781. The fourth-order valence-corrected chi connectivity index (χ4v) is 3.77. The van der Waals surface area contributed by atoms with Crippen molar-refractivity contribution in [2.24, 2.45) is 0 Å². The Hall–Kier alpha value is -2.71. The fraction of sp³-hybridized carbons (Fsp3) is 0.526. The summed E-state index contributed by atoms with van der Waals surface area (Å²) in [6.45, 7) is 4.20. The predicted octanol–water partition coefficient (Wildman–Crippen LogP) is 2.61. The van der Waals surface area contributed by atoms with Crippen LogP contribution in [0.4, 0.5) is 25.0 Å². The molecule has 0 atom stereocenters. The molecule has 152 valence electrons. The maximum atomic E-state index is 14.4. The van der Waals surface area contributed by atoms with E-state index in [4.69, 9.17) is 0 Å². The highest BCUT2D eigenvalue weighted by molar-refractivity contribution is 6.10. The lowest BCUT2D eigenvalue weighted by atomic mass is 9.93. The maximum Gasteiger partial charge on any atom is 0.325 e. The number of carbonyl (C=O) groups excluding carboxylic acids is 3. The van der Waals surface area contributed by atoms with Crippen molar-refractivity contribution in [3.05, 3.63) is 23.8 Å². The third kappa shape index (κ3) is 3.53. The van der Waals surface area contributed by atoms with Gasteiger partial charge in [0.2, 0.25) is 5.91 Å². The molecule has 2 fully saturated rings. The molecule has 2 heterocycles. The van der Waals surface area contributed by atoms with Crippen LogP contribution >= 0.6 is 0 Å². The van der Waals surface area contributed by atoms with Crippen molar-refractivity contribution in [3.8, 4) is 0 Å². The molecule has 4 amide bonds. The molecule has 0 aliphatic carbocycles. The van der Waals surface area contributed by atoms with Crippen LogP contribution in [0.1, 0.15) is 39.5 Å². The molecule has 1 aromatic carbocycles. The Morgan fingerprint density at radius 2 is 1.71 bits per heavy atom. The molecule has 0 bridgehead atoms. The first kappa shape index (κ1) is 20.0. The lowest BCUT2D eigenvalue weighted by molar-refractivity contribution is -0.134. The summed E-state index contributed by atoms with van der Waals surface area (Å²) in [6, 6.07) is 1.44. The highest BCUT2D eigenvalue weighted by Crippen LogP contribution is 2.30. The van der Waals surface area contributed by atoms with E-state index < -0.39 is 41.6 Å². The van der Waals surface area contributed by atoms with Crippen LogP contribution in [0, 0.1) is 11.6 Å². The Morgan fingerprint density at radius 3 is 2.21 bits per heavy atom. The molecule has 2 aliphatic rings. The molecule has 0 aromatic heterocycles. The highest BCUT2D eigenvalue weighted by atomic mass is 19.1. The van der Waals surface area contributed by atoms with Gasteiger partial charge < -0.3 is 15.5 Å². The van der Waals surface area contributed by atoms with Gasteiger partial charge in [0.05, 0.1) is 0 Å². The second-order valence-corrected chi connectivity index (χ2v) is 7.14. The number of carbonyl (C=O) groups is 3. The SMILES string of the molecule is CCC1(CC)NC(=O)N(CC(=O)Nc2cc(F)c(N3CCCC3)c(F)c2)C1=O. The Kier molecular flexibility index (Phi) is 5.53. The van der Waals surface area contributed by atoms with E-state index in [9.17, 15) is 23.2 Å². The number of nitrogens with zero attached hydrogens (tertiary/aromatic N) is 2. The lowest BCUT2D eigenvalue weighted by Crippen LogP contribution is -2.46. The average Bonchev–Trinajstić information content (AvgIpc) is 3.24. The largest absolute Gasteiger partial charge is 0.367 e. The van der Waals surface area contributed by atoms with Crippen LogP contribution in [-0.4, -0.2) is 47.9 Å². The van der Waals surface area contributed by atoms with Gasteiger partial charge in [0.25, 0.3) is 5.91 Å². The van der Waals surface area contributed by atoms with Crippen LogP contribution in [0.25, 0.3) is 0 Å². The van der Waals surface area contributed by atoms with E-state index in [1.165, 1.54) is 0 Å². The molecule has 7 nitrogen and oxygen atoms in total. The minimum atomic E-state index is -1.01. The lowest BCUT2D eigenvalue weighted by Gasteiger charge is -2.23. The summed E-state index contributed by atoms with van der Waals surface area (Å²) in [5.41, 5.74) is -1.17. The van der Waals surface area contributed by atoms with Crippen LogP contribution in [0.5, 0.6) is 0 Å². The smallest absolute Gasteiger partial charge is 0.325 e. The normalized spacial score (nSPS) is 18.6. The van der Waals surface area contributed by atoms with Crippen molar-refractivity contribution in [2.75, 3.05) is 29.9 Å². The molecule has 0 unspecified atom stereocenters. The van der Waals surface area contributed by atoms with E-state index in [0.717, 1.165) is 29.9 Å². The van der Waals surface area contributed by atoms with Gasteiger partial charge in [0, 0.05) is 18.8 Å². The summed E-state index contributed by atoms with van der Waals surface area (Å²) in [7, 11) is 0. The minimum Gasteiger partial charge on any atom is -0.367 e. The Labute approximate surface area is 162 Å². The molecule has 0 saturated carbocycles. The number of benzene rings is 1. The van der Waals surface area contributed by atoms with Crippen molar-refractivity contribution < 1.29 is 23.2 Å². The van der Waals surface area contributed by atoms with Gasteiger partial charge >= 0.3 is 6.03 Å². The molecule has 2 N–H and O–H groups in total. The number of hydrogen-bond donors (Lipinski definition) is 2. The Morgan fingerprint density at radius 1 is 1.14 bits per heavy atom. The van der Waals surface area contributed by atoms with Gasteiger partial charge in [-0.2, -0.15) is 0 Å². The summed E-state index contributed by atoms with van der Waals surface area (Å²) in [4.78, 5) is 39.4. The van der Waals surface area contributed by atoms with Crippen LogP contribution in [0.15, 0.2) is 12.1 Å². The summed E-state index contributed by atoms with van der Waals surface area (Å²) in [6.07, 6.45) is 2.56. The average molecular weight is 394 g/mol. The first-order chi connectivity index (χ1) is 13.3. The molecular weight excluding hydrogens is 370 g/mol. The number of halogens is 2. The van der Waals surface area contributed by atoms with Crippen molar-refractivity contribution in [1.29, 1.82) is 0 Å². The van der Waals surface area contributed by atoms with E-state index in [1.54, 1.807) is 18.7 Å². The van der Waals surface area contributed by atoms with Crippen LogP contribution in [0.2, 0.25) is 0 Å². The zero-order valence-corrected chi connectivity index (χ0v) is 16.0. The van der Waals surface area contributed by atoms with Crippen molar-refractivity contribution in [3.63, 3.8) is 0 Å². The molecule has 3 rings (SSSR count).